The molecule has 30 heavy (non-hydrogen) atoms. The summed E-state index contributed by atoms with van der Waals surface area (Å²) in [5.41, 5.74) is 3.70. The molecule has 3 N–H and O–H groups in total. The Kier molecular flexibility index (Phi) is 8.67. The molecule has 0 bridgehead atoms. The van der Waals surface area contributed by atoms with Gasteiger partial charge in [-0.15, -0.1) is 0 Å². The van der Waals surface area contributed by atoms with Crippen LogP contribution in [0, 0.1) is 5.92 Å². The number of piperidine rings is 1. The van der Waals surface area contributed by atoms with E-state index in [1.165, 1.54) is 7.11 Å². The number of aldehydes is 1. The molecular formula is C20H26ClN5O4. The summed E-state index contributed by atoms with van der Waals surface area (Å²) in [7, 11) is 3.20. The third-order valence-electron chi connectivity index (χ3n) is 4.87. The number of hydrazone groups is 1. The van der Waals surface area contributed by atoms with Gasteiger partial charge in [-0.3, -0.25) is 14.4 Å². The van der Waals surface area contributed by atoms with Gasteiger partial charge in [0, 0.05) is 30.9 Å². The third-order valence-corrected chi connectivity index (χ3v) is 5.11. The summed E-state index contributed by atoms with van der Waals surface area (Å²) in [5.74, 6) is 0.354. The zero-order chi connectivity index (χ0) is 22.1. The summed E-state index contributed by atoms with van der Waals surface area (Å²) in [6.07, 6.45) is 2.47. The maximum atomic E-state index is 12.8. The molecule has 9 nitrogen and oxygen atoms in total. The number of rotatable bonds is 8. The lowest BCUT2D eigenvalue weighted by molar-refractivity contribution is -0.126. The van der Waals surface area contributed by atoms with Crippen LogP contribution in [0.3, 0.4) is 0 Å². The second-order valence-corrected chi connectivity index (χ2v) is 7.14. The van der Waals surface area contributed by atoms with Crippen LogP contribution < -0.4 is 20.8 Å². The number of hydrogen-bond donors (Lipinski definition) is 3. The van der Waals surface area contributed by atoms with E-state index >= 15 is 0 Å². The molecular weight excluding hydrogens is 410 g/mol. The highest BCUT2D eigenvalue weighted by atomic mass is 35.5. The van der Waals surface area contributed by atoms with Gasteiger partial charge in [-0.1, -0.05) is 11.6 Å². The largest absolute Gasteiger partial charge is 0.496 e. The number of methoxy groups -OCH3 is 1. The molecule has 10 heteroatoms. The highest BCUT2D eigenvalue weighted by Gasteiger charge is 2.30. The topological polar surface area (TPSA) is 112 Å². The highest BCUT2D eigenvalue weighted by Crippen LogP contribution is 2.27. The van der Waals surface area contributed by atoms with Crippen LogP contribution in [0.2, 0.25) is 5.02 Å². The van der Waals surface area contributed by atoms with Crippen molar-refractivity contribution < 1.29 is 19.1 Å². The minimum atomic E-state index is -0.370. The Labute approximate surface area is 180 Å². The first-order valence-corrected chi connectivity index (χ1v) is 9.83. The number of amides is 2. The Morgan fingerprint density at radius 1 is 1.37 bits per heavy atom. The van der Waals surface area contributed by atoms with E-state index in [2.05, 4.69) is 21.2 Å². The van der Waals surface area contributed by atoms with Crippen molar-refractivity contribution in [3.63, 3.8) is 0 Å². The maximum Gasteiger partial charge on any atom is 0.229 e. The third kappa shape index (κ3) is 5.73. The molecule has 1 unspecified atom stereocenters. The Hall–Kier alpha value is -3.07. The van der Waals surface area contributed by atoms with Gasteiger partial charge in [-0.2, -0.15) is 5.10 Å². The molecule has 1 saturated heterocycles. The molecule has 162 valence electrons. The van der Waals surface area contributed by atoms with Crippen molar-refractivity contribution in [1.29, 1.82) is 0 Å². The number of nitrogens with one attached hydrogen (secondary N) is 3. The number of halogens is 1. The van der Waals surface area contributed by atoms with Crippen molar-refractivity contribution in [2.24, 2.45) is 11.0 Å². The number of ether oxygens (including phenoxy) is 1. The van der Waals surface area contributed by atoms with Gasteiger partial charge in [0.25, 0.3) is 0 Å². The summed E-state index contributed by atoms with van der Waals surface area (Å²) >= 11 is 6.16. The number of amidine groups is 1. The highest BCUT2D eigenvalue weighted by molar-refractivity contribution is 6.31. The van der Waals surface area contributed by atoms with Crippen LogP contribution in [0.5, 0.6) is 5.75 Å². The molecule has 0 saturated carbocycles. The number of hydrogen-bond acceptors (Lipinski definition) is 6. The first kappa shape index (κ1) is 23.2. The van der Waals surface area contributed by atoms with Crippen LogP contribution in [0.15, 0.2) is 34.7 Å². The molecule has 0 spiro atoms. The molecule has 1 aromatic rings. The summed E-state index contributed by atoms with van der Waals surface area (Å²) in [6, 6.07) is 5.10. The second-order valence-electron chi connectivity index (χ2n) is 6.71. The Bertz CT molecular complexity index is 856. The Morgan fingerprint density at radius 2 is 2.13 bits per heavy atom. The standard InChI is InChI=1S/C20H26ClN5O4/c1-13(22-2)17(11-27)24-20(29)14-5-4-8-26(10-14)19(25-23-12-28)16-9-15(21)6-7-18(16)30-3/h6-7,9,11-12,14,22H,4-5,8,10H2,1-3H3,(H,23,28)(H,24,29)/b17-13+,25-19-. The summed E-state index contributed by atoms with van der Waals surface area (Å²) in [5, 5.41) is 10.2. The van der Waals surface area contributed by atoms with E-state index in [1.807, 2.05) is 4.90 Å². The van der Waals surface area contributed by atoms with Crippen molar-refractivity contribution in [1.82, 2.24) is 21.0 Å². The molecule has 1 atom stereocenters. The van der Waals surface area contributed by atoms with Gasteiger partial charge in [-0.05, 0) is 38.0 Å². The van der Waals surface area contributed by atoms with Crippen LogP contribution in [-0.2, 0) is 14.4 Å². The molecule has 1 heterocycles. The zero-order valence-corrected chi connectivity index (χ0v) is 18.0. The fraction of sp³-hybridized carbons (Fsp3) is 0.400. The van der Waals surface area contributed by atoms with Gasteiger partial charge < -0.3 is 20.3 Å². The summed E-state index contributed by atoms with van der Waals surface area (Å²) in [6.45, 7) is 2.69. The zero-order valence-electron chi connectivity index (χ0n) is 17.2. The number of benzene rings is 1. The molecule has 2 rings (SSSR count). The van der Waals surface area contributed by atoms with Crippen molar-refractivity contribution >= 4 is 36.0 Å². The van der Waals surface area contributed by atoms with Gasteiger partial charge in [-0.25, -0.2) is 5.43 Å². The Balaban J connectivity index is 2.29. The quantitative estimate of drug-likeness (QED) is 0.186. The maximum absolute atomic E-state index is 12.8. The molecule has 0 radical (unpaired) electrons. The van der Waals surface area contributed by atoms with Gasteiger partial charge in [0.2, 0.25) is 12.3 Å². The van der Waals surface area contributed by atoms with E-state index in [-0.39, 0.29) is 17.5 Å². The number of allylic oxidation sites excluding steroid dienone is 2. The average molecular weight is 436 g/mol. The van der Waals surface area contributed by atoms with Gasteiger partial charge in [0.15, 0.2) is 12.1 Å². The first-order chi connectivity index (χ1) is 14.4. The summed E-state index contributed by atoms with van der Waals surface area (Å²) < 4.78 is 5.42. The van der Waals surface area contributed by atoms with Crippen molar-refractivity contribution in [2.45, 2.75) is 19.8 Å². The molecule has 0 aliphatic carbocycles. The lowest BCUT2D eigenvalue weighted by atomic mass is 9.96. The van der Waals surface area contributed by atoms with Gasteiger partial charge >= 0.3 is 0 Å². The van der Waals surface area contributed by atoms with Crippen molar-refractivity contribution in [2.75, 3.05) is 27.2 Å². The fourth-order valence-corrected chi connectivity index (χ4v) is 3.38. The number of nitrogens with zero attached hydrogens (tertiary/aromatic N) is 2. The second kappa shape index (κ2) is 11.2. The van der Waals surface area contributed by atoms with Gasteiger partial charge in [0.05, 0.1) is 24.3 Å². The molecule has 1 aliphatic rings. The fourth-order valence-electron chi connectivity index (χ4n) is 3.21. The lowest BCUT2D eigenvalue weighted by Gasteiger charge is -2.34. The van der Waals surface area contributed by atoms with E-state index in [9.17, 15) is 14.4 Å². The molecule has 0 aromatic heterocycles. The van der Waals surface area contributed by atoms with Crippen LogP contribution in [0.1, 0.15) is 25.3 Å². The minimum Gasteiger partial charge on any atom is -0.496 e. The predicted molar refractivity (Wildman–Crippen MR) is 114 cm³/mol. The average Bonchev–Trinajstić information content (AvgIpc) is 2.77. The first-order valence-electron chi connectivity index (χ1n) is 9.45. The molecule has 2 amide bonds. The van der Waals surface area contributed by atoms with E-state index in [1.54, 1.807) is 32.2 Å². The number of likely N-dealkylation sites (tertiary alicyclic amines) is 1. The smallest absolute Gasteiger partial charge is 0.229 e. The molecule has 1 aromatic carbocycles. The predicted octanol–water partition coefficient (Wildman–Crippen LogP) is 1.23. The minimum absolute atomic E-state index is 0.202. The van der Waals surface area contributed by atoms with Crippen molar-refractivity contribution in [3.8, 4) is 5.75 Å². The van der Waals surface area contributed by atoms with Crippen LogP contribution in [0.25, 0.3) is 0 Å². The number of carbonyl (C=O) groups is 3. The van der Waals surface area contributed by atoms with E-state index in [0.717, 1.165) is 6.42 Å². The van der Waals surface area contributed by atoms with Crippen molar-refractivity contribution in [3.05, 3.63) is 40.2 Å². The lowest BCUT2D eigenvalue weighted by Crippen LogP contribution is -2.46. The van der Waals surface area contributed by atoms with Crippen LogP contribution in [0.4, 0.5) is 0 Å². The van der Waals surface area contributed by atoms with E-state index in [4.69, 9.17) is 16.3 Å². The Morgan fingerprint density at radius 3 is 2.77 bits per heavy atom. The van der Waals surface area contributed by atoms with E-state index in [0.29, 0.717) is 60.1 Å². The molecule has 1 aliphatic heterocycles. The SMILES string of the molecule is CN/C(C)=C(\C=O)NC(=O)C1CCCN(/C(=N\NC=O)c2cc(Cl)ccc2OC)C1. The number of carbonyl (C=O) groups excluding carboxylic acids is 3. The monoisotopic (exact) mass is 435 g/mol. The van der Waals surface area contributed by atoms with Crippen LogP contribution >= 0.6 is 11.6 Å². The van der Waals surface area contributed by atoms with E-state index < -0.39 is 0 Å². The van der Waals surface area contributed by atoms with Crippen LogP contribution in [-0.4, -0.2) is 56.6 Å². The summed E-state index contributed by atoms with van der Waals surface area (Å²) in [4.78, 5) is 36.8. The molecule has 1 fully saturated rings. The normalized spacial score (nSPS) is 17.5. The van der Waals surface area contributed by atoms with Gasteiger partial charge in [0.1, 0.15) is 5.75 Å².